The number of nitrogens with zero attached hydrogens (tertiary/aromatic N) is 1. The lowest BCUT2D eigenvalue weighted by Crippen LogP contribution is -2.35. The van der Waals surface area contributed by atoms with Gasteiger partial charge in [-0.05, 0) is 55.8 Å². The lowest BCUT2D eigenvalue weighted by molar-refractivity contribution is 0.340. The number of hydrogen-bond donors (Lipinski definition) is 1. The monoisotopic (exact) mass is 294 g/mol. The van der Waals surface area contributed by atoms with Gasteiger partial charge in [-0.1, -0.05) is 31.5 Å². The van der Waals surface area contributed by atoms with Gasteiger partial charge in [-0.3, -0.25) is 0 Å². The van der Waals surface area contributed by atoms with Gasteiger partial charge in [0, 0.05) is 30.3 Å². The van der Waals surface area contributed by atoms with Gasteiger partial charge in [0.1, 0.15) is 0 Å². The first kappa shape index (κ1) is 15.7. The fraction of sp³-hybridized carbons (Fsp3) is 0.647. The molecule has 0 unspecified atom stereocenters. The van der Waals surface area contributed by atoms with Crippen LogP contribution in [0.2, 0.25) is 5.02 Å². The maximum atomic E-state index is 6.21. The van der Waals surface area contributed by atoms with Crippen LogP contribution in [0.4, 0.5) is 5.69 Å². The molecule has 1 saturated carbocycles. The zero-order valence-corrected chi connectivity index (χ0v) is 13.7. The smallest absolute Gasteiger partial charge is 0.0426 e. The van der Waals surface area contributed by atoms with Crippen LogP contribution in [0.15, 0.2) is 18.2 Å². The van der Waals surface area contributed by atoms with Gasteiger partial charge in [-0.2, -0.15) is 0 Å². The van der Waals surface area contributed by atoms with Gasteiger partial charge in [0.05, 0.1) is 0 Å². The normalized spacial score (nSPS) is 22.8. The van der Waals surface area contributed by atoms with E-state index in [2.05, 4.69) is 43.2 Å². The summed E-state index contributed by atoms with van der Waals surface area (Å²) in [5.41, 5.74) is 2.63. The molecule has 1 aromatic rings. The van der Waals surface area contributed by atoms with Crippen LogP contribution >= 0.6 is 11.6 Å². The van der Waals surface area contributed by atoms with E-state index in [1.54, 1.807) is 0 Å². The van der Waals surface area contributed by atoms with Gasteiger partial charge < -0.3 is 10.2 Å². The highest BCUT2D eigenvalue weighted by molar-refractivity contribution is 6.30. The van der Waals surface area contributed by atoms with Crippen molar-refractivity contribution in [2.75, 3.05) is 18.5 Å². The van der Waals surface area contributed by atoms with Gasteiger partial charge in [0.25, 0.3) is 0 Å². The molecule has 0 aliphatic heterocycles. The Hall–Kier alpha value is -0.730. The molecule has 0 bridgehead atoms. The summed E-state index contributed by atoms with van der Waals surface area (Å²) in [4.78, 5) is 2.45. The van der Waals surface area contributed by atoms with Crippen LogP contribution in [0.1, 0.15) is 45.1 Å². The average Bonchev–Trinajstić information content (AvgIpc) is 2.46. The standard InChI is InChI=1S/C17H27ClN2/c1-4-19-12-14-7-8-15(18)11-17(14)20(3)16-9-5-13(2)6-10-16/h7-8,11,13,16,19H,4-6,9-10,12H2,1-3H3. The van der Waals surface area contributed by atoms with Crippen molar-refractivity contribution in [3.8, 4) is 0 Å². The molecule has 1 aromatic carbocycles. The molecular formula is C17H27ClN2. The molecule has 1 aliphatic rings. The maximum absolute atomic E-state index is 6.21. The van der Waals surface area contributed by atoms with E-state index in [9.17, 15) is 0 Å². The van der Waals surface area contributed by atoms with E-state index < -0.39 is 0 Å². The number of hydrogen-bond acceptors (Lipinski definition) is 2. The Bertz CT molecular complexity index is 425. The number of rotatable bonds is 5. The first-order valence-electron chi connectivity index (χ1n) is 7.83. The number of benzene rings is 1. The highest BCUT2D eigenvalue weighted by Crippen LogP contribution is 2.32. The molecule has 1 fully saturated rings. The molecule has 1 aliphatic carbocycles. The molecular weight excluding hydrogens is 268 g/mol. The summed E-state index contributed by atoms with van der Waals surface area (Å²) in [7, 11) is 2.22. The Morgan fingerprint density at radius 1 is 1.25 bits per heavy atom. The van der Waals surface area contributed by atoms with E-state index >= 15 is 0 Å². The van der Waals surface area contributed by atoms with Crippen molar-refractivity contribution >= 4 is 17.3 Å². The third-order valence-corrected chi connectivity index (χ3v) is 4.76. The molecule has 0 heterocycles. The summed E-state index contributed by atoms with van der Waals surface area (Å²) in [6.45, 7) is 6.41. The van der Waals surface area contributed by atoms with Crippen LogP contribution in [0.25, 0.3) is 0 Å². The first-order valence-corrected chi connectivity index (χ1v) is 8.21. The van der Waals surface area contributed by atoms with Crippen molar-refractivity contribution in [2.45, 2.75) is 52.1 Å². The molecule has 1 N–H and O–H groups in total. The van der Waals surface area contributed by atoms with Crippen molar-refractivity contribution in [3.05, 3.63) is 28.8 Å². The molecule has 0 saturated heterocycles. The lowest BCUT2D eigenvalue weighted by Gasteiger charge is -2.36. The summed E-state index contributed by atoms with van der Waals surface area (Å²) in [5.74, 6) is 0.889. The van der Waals surface area contributed by atoms with E-state index in [1.165, 1.54) is 36.9 Å². The molecule has 0 spiro atoms. The minimum absolute atomic E-state index is 0.657. The Balaban J connectivity index is 2.14. The molecule has 0 aromatic heterocycles. The van der Waals surface area contributed by atoms with Crippen molar-refractivity contribution in [1.82, 2.24) is 5.32 Å². The third kappa shape index (κ3) is 3.89. The Labute approximate surface area is 128 Å². The molecule has 2 rings (SSSR count). The summed E-state index contributed by atoms with van der Waals surface area (Å²) in [6.07, 6.45) is 5.28. The molecule has 2 nitrogen and oxygen atoms in total. The highest BCUT2D eigenvalue weighted by atomic mass is 35.5. The van der Waals surface area contributed by atoms with E-state index in [0.29, 0.717) is 6.04 Å². The largest absolute Gasteiger partial charge is 0.371 e. The van der Waals surface area contributed by atoms with Crippen LogP contribution in [0, 0.1) is 5.92 Å². The Morgan fingerprint density at radius 3 is 2.60 bits per heavy atom. The third-order valence-electron chi connectivity index (χ3n) is 4.53. The van der Waals surface area contributed by atoms with Crippen LogP contribution in [0.3, 0.4) is 0 Å². The molecule has 0 radical (unpaired) electrons. The summed E-state index contributed by atoms with van der Waals surface area (Å²) in [6, 6.07) is 6.92. The highest BCUT2D eigenvalue weighted by Gasteiger charge is 2.23. The van der Waals surface area contributed by atoms with E-state index in [0.717, 1.165) is 24.0 Å². The number of nitrogens with one attached hydrogen (secondary N) is 1. The fourth-order valence-electron chi connectivity index (χ4n) is 3.10. The first-order chi connectivity index (χ1) is 9.61. The molecule has 3 heteroatoms. The van der Waals surface area contributed by atoms with Crippen LogP contribution in [-0.4, -0.2) is 19.6 Å². The predicted octanol–water partition coefficient (Wildman–Crippen LogP) is 4.46. The van der Waals surface area contributed by atoms with Crippen molar-refractivity contribution in [3.63, 3.8) is 0 Å². The number of halogens is 1. The quantitative estimate of drug-likeness (QED) is 0.862. The van der Waals surface area contributed by atoms with Crippen molar-refractivity contribution < 1.29 is 0 Å². The molecule has 20 heavy (non-hydrogen) atoms. The minimum atomic E-state index is 0.657. The second-order valence-electron chi connectivity index (χ2n) is 6.08. The van der Waals surface area contributed by atoms with Gasteiger partial charge in [0.15, 0.2) is 0 Å². The number of anilines is 1. The van der Waals surface area contributed by atoms with Gasteiger partial charge in [-0.15, -0.1) is 0 Å². The molecule has 112 valence electrons. The zero-order chi connectivity index (χ0) is 14.5. The SMILES string of the molecule is CCNCc1ccc(Cl)cc1N(C)C1CCC(C)CC1. The zero-order valence-electron chi connectivity index (χ0n) is 13.0. The summed E-state index contributed by atoms with van der Waals surface area (Å²) >= 11 is 6.21. The van der Waals surface area contributed by atoms with E-state index in [1.807, 2.05) is 6.07 Å². The second-order valence-corrected chi connectivity index (χ2v) is 6.51. The topological polar surface area (TPSA) is 15.3 Å². The van der Waals surface area contributed by atoms with Crippen molar-refractivity contribution in [1.29, 1.82) is 0 Å². The average molecular weight is 295 g/mol. The van der Waals surface area contributed by atoms with E-state index in [4.69, 9.17) is 11.6 Å². The lowest BCUT2D eigenvalue weighted by atomic mass is 9.86. The Morgan fingerprint density at radius 2 is 1.95 bits per heavy atom. The molecule has 0 amide bonds. The van der Waals surface area contributed by atoms with E-state index in [-0.39, 0.29) is 0 Å². The maximum Gasteiger partial charge on any atom is 0.0426 e. The predicted molar refractivity (Wildman–Crippen MR) is 88.7 cm³/mol. The fourth-order valence-corrected chi connectivity index (χ4v) is 3.27. The Kier molecular flexibility index (Phi) is 5.74. The van der Waals surface area contributed by atoms with Gasteiger partial charge in [-0.25, -0.2) is 0 Å². The summed E-state index contributed by atoms with van der Waals surface area (Å²) in [5, 5.41) is 4.25. The van der Waals surface area contributed by atoms with Crippen molar-refractivity contribution in [2.24, 2.45) is 5.92 Å². The van der Waals surface area contributed by atoms with Crippen LogP contribution in [0.5, 0.6) is 0 Å². The van der Waals surface area contributed by atoms with Gasteiger partial charge in [0.2, 0.25) is 0 Å². The molecule has 0 atom stereocenters. The van der Waals surface area contributed by atoms with Crippen LogP contribution in [-0.2, 0) is 6.54 Å². The summed E-state index contributed by atoms with van der Waals surface area (Å²) < 4.78 is 0. The second kappa shape index (κ2) is 7.33. The van der Waals surface area contributed by atoms with Crippen LogP contribution < -0.4 is 10.2 Å². The van der Waals surface area contributed by atoms with Gasteiger partial charge >= 0.3 is 0 Å². The minimum Gasteiger partial charge on any atom is -0.371 e.